The monoisotopic (exact) mass is 1210 g/mol. The Hall–Kier alpha value is -5.41. The van der Waals surface area contributed by atoms with E-state index < -0.39 is 45.5 Å². The number of carbonyl (C=O) groups is 6. The minimum Gasteiger partial charge on any atom is -0.478 e. The average Bonchev–Trinajstić information content (AvgIpc) is 1.14. The quantitative estimate of drug-likeness (QED) is 0.0772. The van der Waals surface area contributed by atoms with Crippen LogP contribution in [0.3, 0.4) is 0 Å². The summed E-state index contributed by atoms with van der Waals surface area (Å²) in [4.78, 5) is 65.8. The molecule has 17 nitrogen and oxygen atoms in total. The number of ether oxygens (including phenoxy) is 5. The van der Waals surface area contributed by atoms with Crippen LogP contribution in [0.2, 0.25) is 0 Å². The van der Waals surface area contributed by atoms with E-state index in [4.69, 9.17) is 29.3 Å². The van der Waals surface area contributed by atoms with E-state index in [0.29, 0.717) is 66.6 Å². The fourth-order valence-electron chi connectivity index (χ4n) is 19.3. The summed E-state index contributed by atoms with van der Waals surface area (Å²) in [6, 6.07) is 2.40. The van der Waals surface area contributed by atoms with Crippen LogP contribution in [0.1, 0.15) is 222 Å². The van der Waals surface area contributed by atoms with Crippen LogP contribution in [0.5, 0.6) is 0 Å². The molecule has 0 heterocycles. The van der Waals surface area contributed by atoms with E-state index >= 15 is 0 Å². The fraction of sp³-hybridized carbons (Fsp3) is 0.729. The Bertz CT molecular complexity index is 2630. The molecule has 0 spiro atoms. The Kier molecular flexibility index (Phi) is 21.9. The highest BCUT2D eigenvalue weighted by Crippen LogP contribution is 2.69. The third kappa shape index (κ3) is 18.4. The van der Waals surface area contributed by atoms with Gasteiger partial charge in [-0.1, -0.05) is 66.2 Å². The molecule has 0 saturated heterocycles. The van der Waals surface area contributed by atoms with Crippen LogP contribution in [-0.2, 0) is 52.5 Å². The van der Waals surface area contributed by atoms with Crippen LogP contribution in [0.25, 0.3) is 0 Å². The van der Waals surface area contributed by atoms with Gasteiger partial charge in [-0.3, -0.25) is 0 Å². The van der Waals surface area contributed by atoms with Crippen molar-refractivity contribution in [3.05, 3.63) is 73.9 Å². The number of aliphatic hydroxyl groups is 4. The van der Waals surface area contributed by atoms with Crippen LogP contribution < -0.4 is 0 Å². The van der Waals surface area contributed by atoms with Crippen LogP contribution in [0.4, 0.5) is 0 Å². The van der Waals surface area contributed by atoms with E-state index in [1.165, 1.54) is 71.5 Å². The molecule has 15 fully saturated rings. The largest absolute Gasteiger partial charge is 0.478 e. The molecule has 0 radical (unpaired) electrons. The number of hydrogen-bond donors (Lipinski definition) is 5. The van der Waals surface area contributed by atoms with Gasteiger partial charge in [0.15, 0.2) is 0 Å². The van der Waals surface area contributed by atoms with Gasteiger partial charge in [-0.25, -0.2) is 28.8 Å². The maximum absolute atomic E-state index is 11.9. The molecule has 0 aromatic heterocycles. The maximum Gasteiger partial charge on any atom is 0.333 e. The van der Waals surface area contributed by atoms with E-state index in [1.807, 2.05) is 6.92 Å². The Labute approximate surface area is 517 Å². The molecule has 0 amide bonds. The number of esters is 5. The number of carbonyl (C=O) groups excluding carboxylic acids is 5. The van der Waals surface area contributed by atoms with Crippen LogP contribution in [-0.4, -0.2) is 113 Å². The molecule has 15 saturated carbocycles. The first-order valence-corrected chi connectivity index (χ1v) is 31.6. The molecule has 9 unspecified atom stereocenters. The highest BCUT2D eigenvalue weighted by molar-refractivity contribution is 5.88. The zero-order valence-corrected chi connectivity index (χ0v) is 53.6. The van der Waals surface area contributed by atoms with Gasteiger partial charge in [-0.05, 0) is 203 Å². The topological polar surface area (TPSA) is 274 Å². The first-order valence-electron chi connectivity index (χ1n) is 31.6. The minimum absolute atomic E-state index is 0.105. The van der Waals surface area contributed by atoms with Crippen LogP contribution in [0.15, 0.2) is 73.9 Å². The Balaban J connectivity index is 0.000000167. The van der Waals surface area contributed by atoms with Crippen molar-refractivity contribution in [3.8, 4) is 6.07 Å². The Morgan fingerprint density at radius 3 is 1.30 bits per heavy atom. The summed E-state index contributed by atoms with van der Waals surface area (Å²) >= 11 is 0. The fourth-order valence-corrected chi connectivity index (χ4v) is 19.3. The second-order valence-corrected chi connectivity index (χ2v) is 30.5. The molecule has 15 aliphatic rings. The molecule has 15 aliphatic carbocycles. The summed E-state index contributed by atoms with van der Waals surface area (Å²) in [7, 11) is 1.33. The van der Waals surface area contributed by atoms with Crippen molar-refractivity contribution in [1.82, 2.24) is 0 Å². The van der Waals surface area contributed by atoms with Gasteiger partial charge in [0.05, 0.1) is 35.6 Å². The summed E-state index contributed by atoms with van der Waals surface area (Å²) in [6.07, 6.45) is 27.5. The predicted molar refractivity (Wildman–Crippen MR) is 327 cm³/mol. The number of carboxylic acid groups (broad SMARTS) is 1. The van der Waals surface area contributed by atoms with Gasteiger partial charge in [-0.15, -0.1) is 0 Å². The van der Waals surface area contributed by atoms with E-state index in [1.54, 1.807) is 20.8 Å². The number of fused-ring (bicyclic) bond motifs is 2. The number of aliphatic carboxylic acids is 1. The summed E-state index contributed by atoms with van der Waals surface area (Å²) in [6.45, 7) is 33.5. The number of methoxy groups -OCH3 is 1. The van der Waals surface area contributed by atoms with Crippen molar-refractivity contribution in [2.75, 3.05) is 7.11 Å². The Morgan fingerprint density at radius 2 is 0.931 bits per heavy atom. The van der Waals surface area contributed by atoms with Crippen molar-refractivity contribution in [2.24, 2.45) is 46.3 Å². The normalized spacial score (nSPS) is 39.3. The molecule has 15 rings (SSSR count). The second kappa shape index (κ2) is 27.0. The second-order valence-electron chi connectivity index (χ2n) is 30.5. The van der Waals surface area contributed by atoms with Crippen molar-refractivity contribution in [1.29, 1.82) is 5.26 Å². The third-order valence-electron chi connectivity index (χ3n) is 20.5. The first kappa shape index (κ1) is 70.7. The molecule has 0 aromatic rings. The molecule has 5 N–H and O–H groups in total. The van der Waals surface area contributed by atoms with Gasteiger partial charge >= 0.3 is 35.8 Å². The zero-order chi connectivity index (χ0) is 65.0. The van der Waals surface area contributed by atoms with Crippen molar-refractivity contribution in [3.63, 3.8) is 0 Å². The lowest BCUT2D eigenvalue weighted by molar-refractivity contribution is -0.260. The third-order valence-corrected chi connectivity index (χ3v) is 20.5. The van der Waals surface area contributed by atoms with Gasteiger partial charge in [-0.2, -0.15) is 5.26 Å². The first-order chi connectivity index (χ1) is 40.2. The van der Waals surface area contributed by atoms with Gasteiger partial charge < -0.3 is 49.2 Å². The summed E-state index contributed by atoms with van der Waals surface area (Å²) in [5, 5.41) is 58.7. The highest BCUT2D eigenvalue weighted by Gasteiger charge is 2.68. The standard InChI is InChI=1S/C16H24O3.C13H18O4.C13H18O3.C11H18O2.C8H11N.C5H8O2.C4H6O2/c1-11(2)12(17)19-16-8-13(3)5-14(4,9-16)7-15(18,6-13)10-16;1-2-10(14)17-13-5-9-3-11(15,7-13)6-12(16,4-9)8-13;1-2-11(14)16-13-6-9-3-10(7-13)5-12(15,4-9)8-13;1-9(2)10(12)13-11(3)7-5-4-6-8-11;9-5-8-4-6-1-2-7(8)3-6;1-4(2)5(6)7-3;1-3(2)4(5)6/h18H,1,5-10H2,2-4H3;2,9,15-16H,1,3-8H2;2,9-10,15H,1,3-8H2;1,4-8H2,2-3H3;6-8H,1-4H2;1H2,2-3H3;1H2,2H3,(H,5,6). The molecule has 17 heteroatoms. The molecule has 0 aromatic carbocycles. The number of carboxylic acids is 1. The lowest BCUT2D eigenvalue weighted by Gasteiger charge is -2.67. The van der Waals surface area contributed by atoms with E-state index in [9.17, 15) is 49.2 Å². The minimum atomic E-state index is -0.935. The highest BCUT2D eigenvalue weighted by atomic mass is 16.6. The number of hydrogen-bond acceptors (Lipinski definition) is 16. The number of nitriles is 1. The Morgan fingerprint density at radius 1 is 0.483 bits per heavy atom. The summed E-state index contributed by atoms with van der Waals surface area (Å²) in [5.41, 5.74) is -2.91. The zero-order valence-electron chi connectivity index (χ0n) is 53.6. The molecule has 87 heavy (non-hydrogen) atoms. The van der Waals surface area contributed by atoms with Crippen LogP contribution >= 0.6 is 0 Å². The average molecular weight is 1210 g/mol. The maximum atomic E-state index is 11.9. The summed E-state index contributed by atoms with van der Waals surface area (Å²) in [5.74, 6) is 0.872. The summed E-state index contributed by atoms with van der Waals surface area (Å²) < 4.78 is 26.5. The lowest BCUT2D eigenvalue weighted by atomic mass is 9.42. The number of nitrogens with zero attached hydrogens (tertiary/aromatic N) is 1. The molecular formula is C70H103NO16. The SMILES string of the molecule is C=C(C)C(=O)O.C=C(C)C(=O)OC.C=C(C)C(=O)OC1(C)CCCCC1.C=C(C)C(=O)OC12CC3(C)CC(C)(CC(O)(C3)C1)C2.C=CC(=O)OC12CC3CC(CC(O)(C3)C1)C2.C=CC(=O)OC12CC3CC(O)(CC(O)(C3)C1)C2.N#CC1CC2CCC1C2. The van der Waals surface area contributed by atoms with E-state index in [0.717, 1.165) is 108 Å². The van der Waals surface area contributed by atoms with E-state index in [-0.39, 0.29) is 57.4 Å². The van der Waals surface area contributed by atoms with Crippen molar-refractivity contribution >= 4 is 35.8 Å². The van der Waals surface area contributed by atoms with E-state index in [2.05, 4.69) is 64.1 Å². The molecule has 0 aliphatic heterocycles. The smallest absolute Gasteiger partial charge is 0.333 e. The molecule has 9 atom stereocenters. The van der Waals surface area contributed by atoms with Gasteiger partial charge in [0.25, 0.3) is 0 Å². The van der Waals surface area contributed by atoms with Gasteiger partial charge in [0, 0.05) is 72.5 Å². The van der Waals surface area contributed by atoms with Gasteiger partial charge in [0.2, 0.25) is 0 Å². The van der Waals surface area contributed by atoms with Crippen molar-refractivity contribution < 1.29 is 78.0 Å². The van der Waals surface area contributed by atoms with Gasteiger partial charge in [0.1, 0.15) is 22.4 Å². The van der Waals surface area contributed by atoms with Crippen LogP contribution in [0, 0.1) is 57.7 Å². The molecule has 14 bridgehead atoms. The molecular weight excluding hydrogens is 1110 g/mol. The van der Waals surface area contributed by atoms with Crippen molar-refractivity contribution in [2.45, 2.75) is 267 Å². The number of rotatable bonds is 10. The predicted octanol–water partition coefficient (Wildman–Crippen LogP) is 11.8. The molecule has 484 valence electrons. The lowest BCUT2D eigenvalue weighted by Crippen LogP contribution is -2.66.